The van der Waals surface area contributed by atoms with Gasteiger partial charge in [-0.3, -0.25) is 0 Å². The van der Waals surface area contributed by atoms with Gasteiger partial charge in [0.05, 0.1) is 6.20 Å². The predicted molar refractivity (Wildman–Crippen MR) is 59.4 cm³/mol. The quantitative estimate of drug-likeness (QED) is 0.646. The van der Waals surface area contributed by atoms with Crippen molar-refractivity contribution in [3.8, 4) is 0 Å². The van der Waals surface area contributed by atoms with E-state index < -0.39 is 0 Å². The van der Waals surface area contributed by atoms with E-state index in [2.05, 4.69) is 35.9 Å². The van der Waals surface area contributed by atoms with Crippen LogP contribution in [0.15, 0.2) is 6.20 Å². The van der Waals surface area contributed by atoms with Crippen LogP contribution in [0.25, 0.3) is 5.65 Å². The molecule has 0 spiro atoms. The Balaban J connectivity index is 2.46. The van der Waals surface area contributed by atoms with E-state index in [-0.39, 0.29) is 0 Å². The van der Waals surface area contributed by atoms with Crippen LogP contribution in [0.5, 0.6) is 0 Å². The van der Waals surface area contributed by atoms with Crippen molar-refractivity contribution in [1.82, 2.24) is 14.6 Å². The van der Waals surface area contributed by atoms with Crippen molar-refractivity contribution in [1.29, 1.82) is 0 Å². The lowest BCUT2D eigenvalue weighted by atomic mass is 10.2. The highest BCUT2D eigenvalue weighted by Gasteiger charge is 2.23. The molecule has 0 amide bonds. The van der Waals surface area contributed by atoms with Gasteiger partial charge in [-0.25, -0.2) is 4.98 Å². The van der Waals surface area contributed by atoms with Gasteiger partial charge < -0.3 is 4.90 Å². The summed E-state index contributed by atoms with van der Waals surface area (Å²) < 4.78 is 1.96. The van der Waals surface area contributed by atoms with E-state index in [1.54, 1.807) is 0 Å². The van der Waals surface area contributed by atoms with E-state index in [1.807, 2.05) is 10.7 Å². The third-order valence-corrected chi connectivity index (χ3v) is 3.16. The number of hydrogen-bond acceptors (Lipinski definition) is 3. The third kappa shape index (κ3) is 1.02. The Bertz CT molecular complexity index is 541. The molecule has 4 heteroatoms. The second kappa shape index (κ2) is 2.72. The molecule has 0 saturated carbocycles. The summed E-state index contributed by atoms with van der Waals surface area (Å²) in [5.41, 5.74) is 4.61. The van der Waals surface area contributed by atoms with Gasteiger partial charge >= 0.3 is 0 Å². The summed E-state index contributed by atoms with van der Waals surface area (Å²) in [4.78, 5) is 6.87. The van der Waals surface area contributed by atoms with Crippen LogP contribution in [0.1, 0.15) is 16.8 Å². The molecule has 3 heterocycles. The Morgan fingerprint density at radius 1 is 1.33 bits per heavy atom. The van der Waals surface area contributed by atoms with Gasteiger partial charge in [-0.15, -0.1) is 0 Å². The molecule has 0 aliphatic carbocycles. The molecule has 78 valence electrons. The monoisotopic (exact) mass is 202 g/mol. The van der Waals surface area contributed by atoms with E-state index in [4.69, 9.17) is 0 Å². The molecule has 0 unspecified atom stereocenters. The van der Waals surface area contributed by atoms with Crippen LogP contribution in [0.3, 0.4) is 0 Å². The zero-order valence-corrected chi connectivity index (χ0v) is 9.28. The van der Waals surface area contributed by atoms with E-state index in [0.29, 0.717) is 0 Å². The van der Waals surface area contributed by atoms with E-state index in [1.165, 1.54) is 11.4 Å². The summed E-state index contributed by atoms with van der Waals surface area (Å²) in [7, 11) is 2.11. The normalized spacial score (nSPS) is 15.0. The lowest BCUT2D eigenvalue weighted by Gasteiger charge is -2.13. The van der Waals surface area contributed by atoms with Crippen molar-refractivity contribution in [2.24, 2.45) is 0 Å². The van der Waals surface area contributed by atoms with Gasteiger partial charge in [0.2, 0.25) is 0 Å². The van der Waals surface area contributed by atoms with E-state index >= 15 is 0 Å². The first-order valence-corrected chi connectivity index (χ1v) is 5.23. The Hall–Kier alpha value is -1.58. The van der Waals surface area contributed by atoms with Gasteiger partial charge in [-0.05, 0) is 20.3 Å². The number of likely N-dealkylation sites (N-methyl/N-ethyl adjacent to an activating group) is 1. The molecule has 0 atom stereocenters. The number of aromatic nitrogens is 3. The molecule has 0 bridgehead atoms. The molecule has 4 nitrogen and oxygen atoms in total. The van der Waals surface area contributed by atoms with Gasteiger partial charge in [0.25, 0.3) is 0 Å². The minimum Gasteiger partial charge on any atom is -0.359 e. The maximum atomic E-state index is 4.62. The minimum atomic E-state index is 0.986. The second-order valence-electron chi connectivity index (χ2n) is 4.23. The molecule has 2 aromatic rings. The topological polar surface area (TPSA) is 33.4 Å². The smallest absolute Gasteiger partial charge is 0.160 e. The lowest BCUT2D eigenvalue weighted by Crippen LogP contribution is -2.16. The summed E-state index contributed by atoms with van der Waals surface area (Å²) in [5.74, 6) is 1.21. The highest BCUT2D eigenvalue weighted by Crippen LogP contribution is 2.29. The molecular weight excluding hydrogens is 188 g/mol. The van der Waals surface area contributed by atoms with Gasteiger partial charge in [-0.2, -0.15) is 9.61 Å². The average molecular weight is 202 g/mol. The number of fused-ring (bicyclic) bond motifs is 3. The highest BCUT2D eigenvalue weighted by atomic mass is 15.3. The number of aryl methyl sites for hydroxylation is 2. The fourth-order valence-electron chi connectivity index (χ4n) is 2.30. The Kier molecular flexibility index (Phi) is 1.58. The third-order valence-electron chi connectivity index (χ3n) is 3.16. The summed E-state index contributed by atoms with van der Waals surface area (Å²) in [5, 5.41) is 4.39. The van der Waals surface area contributed by atoms with Crippen LogP contribution >= 0.6 is 0 Å². The first-order chi connectivity index (χ1) is 7.18. The molecule has 15 heavy (non-hydrogen) atoms. The highest BCUT2D eigenvalue weighted by molar-refractivity contribution is 5.61. The van der Waals surface area contributed by atoms with Gasteiger partial charge in [0.15, 0.2) is 5.65 Å². The summed E-state index contributed by atoms with van der Waals surface area (Å²) in [6, 6.07) is 0. The molecule has 0 fully saturated rings. The average Bonchev–Trinajstić information content (AvgIpc) is 2.73. The van der Waals surface area contributed by atoms with Crippen molar-refractivity contribution < 1.29 is 0 Å². The SMILES string of the molecule is Cc1nc2c(C)cnn2c2c1CCN2C. The van der Waals surface area contributed by atoms with Crippen molar-refractivity contribution in [2.45, 2.75) is 20.3 Å². The molecule has 0 radical (unpaired) electrons. The molecular formula is C11H14N4. The molecule has 0 saturated heterocycles. The maximum Gasteiger partial charge on any atom is 0.160 e. The lowest BCUT2D eigenvalue weighted by molar-refractivity contribution is 0.883. The standard InChI is InChI=1S/C11H14N4/c1-7-6-12-15-10(7)13-8(2)9-4-5-14(3)11(9)15/h6H,4-5H2,1-3H3. The van der Waals surface area contributed by atoms with Crippen molar-refractivity contribution in [3.63, 3.8) is 0 Å². The van der Waals surface area contributed by atoms with Crippen LogP contribution in [0.4, 0.5) is 5.82 Å². The van der Waals surface area contributed by atoms with Crippen LogP contribution in [0, 0.1) is 13.8 Å². The Morgan fingerprint density at radius 3 is 2.93 bits per heavy atom. The molecule has 2 aromatic heterocycles. The molecule has 0 N–H and O–H groups in total. The van der Waals surface area contributed by atoms with Crippen LogP contribution in [-0.2, 0) is 6.42 Å². The van der Waals surface area contributed by atoms with Crippen LogP contribution in [-0.4, -0.2) is 28.2 Å². The first-order valence-electron chi connectivity index (χ1n) is 5.23. The number of anilines is 1. The molecule has 1 aliphatic heterocycles. The van der Waals surface area contributed by atoms with Gasteiger partial charge in [-0.1, -0.05) is 0 Å². The fraction of sp³-hybridized carbons (Fsp3) is 0.455. The fourth-order valence-corrected chi connectivity index (χ4v) is 2.30. The number of rotatable bonds is 0. The van der Waals surface area contributed by atoms with Crippen molar-refractivity contribution in [2.75, 3.05) is 18.5 Å². The summed E-state index contributed by atoms with van der Waals surface area (Å²) in [6.07, 6.45) is 2.97. The van der Waals surface area contributed by atoms with E-state index in [9.17, 15) is 0 Å². The first kappa shape index (κ1) is 8.71. The van der Waals surface area contributed by atoms with Crippen LogP contribution in [0.2, 0.25) is 0 Å². The summed E-state index contributed by atoms with van der Waals surface area (Å²) in [6.45, 7) is 5.20. The molecule has 0 aromatic carbocycles. The number of nitrogens with zero attached hydrogens (tertiary/aromatic N) is 4. The summed E-state index contributed by atoms with van der Waals surface area (Å²) >= 11 is 0. The van der Waals surface area contributed by atoms with Crippen LogP contribution < -0.4 is 4.90 Å². The largest absolute Gasteiger partial charge is 0.359 e. The number of hydrogen-bond donors (Lipinski definition) is 0. The van der Waals surface area contributed by atoms with E-state index in [0.717, 1.165) is 29.9 Å². The van der Waals surface area contributed by atoms with Gasteiger partial charge in [0, 0.05) is 30.4 Å². The Morgan fingerprint density at radius 2 is 2.13 bits per heavy atom. The van der Waals surface area contributed by atoms with Gasteiger partial charge in [0.1, 0.15) is 5.82 Å². The van der Waals surface area contributed by atoms with Crippen molar-refractivity contribution in [3.05, 3.63) is 23.0 Å². The second-order valence-corrected chi connectivity index (χ2v) is 4.23. The maximum absolute atomic E-state index is 4.62. The molecule has 3 rings (SSSR count). The minimum absolute atomic E-state index is 0.986. The zero-order chi connectivity index (χ0) is 10.6. The zero-order valence-electron chi connectivity index (χ0n) is 9.28. The Labute approximate surface area is 88.5 Å². The predicted octanol–water partition coefficient (Wildman–Crippen LogP) is 1.34. The molecule has 1 aliphatic rings. The van der Waals surface area contributed by atoms with Crippen molar-refractivity contribution >= 4 is 11.5 Å².